The molecule has 2 amide bonds. The van der Waals surface area contributed by atoms with Crippen LogP contribution in [0.4, 0.5) is 4.39 Å². The van der Waals surface area contributed by atoms with Gasteiger partial charge in [-0.2, -0.15) is 0 Å². The lowest BCUT2D eigenvalue weighted by Gasteiger charge is -2.24. The predicted octanol–water partition coefficient (Wildman–Crippen LogP) is 3.32. The molecular formula is C21H20ClFN4O2. The van der Waals surface area contributed by atoms with E-state index in [1.54, 1.807) is 35.2 Å². The lowest BCUT2D eigenvalue weighted by atomic mass is 10.0. The molecule has 1 aliphatic heterocycles. The van der Waals surface area contributed by atoms with Gasteiger partial charge in [-0.05, 0) is 48.7 Å². The summed E-state index contributed by atoms with van der Waals surface area (Å²) in [6.07, 6.45) is 2.19. The fourth-order valence-electron chi connectivity index (χ4n) is 3.55. The molecule has 1 aromatic carbocycles. The maximum Gasteiger partial charge on any atom is 0.268 e. The van der Waals surface area contributed by atoms with Crippen LogP contribution in [-0.2, 0) is 11.2 Å². The third-order valence-electron chi connectivity index (χ3n) is 5.06. The highest BCUT2D eigenvalue weighted by molar-refractivity contribution is 6.29. The standard InChI is InChI=1S/C21H20ClFN4O2/c22-18-8-5-14-12-16(24-19(14)26-18)20(28)25-17(21(29)27-9-1-2-10-27)11-13-3-6-15(23)7-4-13/h3-8,12,17H,1-2,9-11H2,(H,24,26)(H,25,28)/t17-/m0/s1. The Labute approximate surface area is 172 Å². The topological polar surface area (TPSA) is 78.1 Å². The molecular weight excluding hydrogens is 395 g/mol. The molecule has 0 saturated carbocycles. The van der Waals surface area contributed by atoms with E-state index in [0.717, 1.165) is 23.8 Å². The number of nitrogens with zero attached hydrogens (tertiary/aromatic N) is 2. The Morgan fingerprint density at radius 3 is 2.62 bits per heavy atom. The van der Waals surface area contributed by atoms with Crippen molar-refractivity contribution >= 4 is 34.4 Å². The number of fused-ring (bicyclic) bond motifs is 1. The van der Waals surface area contributed by atoms with Crippen LogP contribution in [0.1, 0.15) is 28.9 Å². The van der Waals surface area contributed by atoms with Gasteiger partial charge in [0.2, 0.25) is 5.91 Å². The van der Waals surface area contributed by atoms with Crippen molar-refractivity contribution in [2.24, 2.45) is 0 Å². The van der Waals surface area contributed by atoms with Crippen LogP contribution in [0.25, 0.3) is 11.0 Å². The molecule has 1 atom stereocenters. The summed E-state index contributed by atoms with van der Waals surface area (Å²) in [4.78, 5) is 34.7. The summed E-state index contributed by atoms with van der Waals surface area (Å²) in [7, 11) is 0. The summed E-state index contributed by atoms with van der Waals surface area (Å²) >= 11 is 5.90. The number of benzene rings is 1. The highest BCUT2D eigenvalue weighted by atomic mass is 35.5. The monoisotopic (exact) mass is 414 g/mol. The number of hydrogen-bond donors (Lipinski definition) is 2. The Morgan fingerprint density at radius 1 is 1.17 bits per heavy atom. The third kappa shape index (κ3) is 4.40. The Morgan fingerprint density at radius 2 is 1.90 bits per heavy atom. The van der Waals surface area contributed by atoms with Gasteiger partial charge in [-0.15, -0.1) is 0 Å². The average molecular weight is 415 g/mol. The first-order valence-corrected chi connectivity index (χ1v) is 9.87. The minimum Gasteiger partial charge on any atom is -0.341 e. The van der Waals surface area contributed by atoms with Crippen LogP contribution >= 0.6 is 11.6 Å². The summed E-state index contributed by atoms with van der Waals surface area (Å²) in [5, 5.41) is 3.91. The van der Waals surface area contributed by atoms with Crippen LogP contribution in [0.5, 0.6) is 0 Å². The number of carbonyl (C=O) groups is 2. The van der Waals surface area contributed by atoms with Gasteiger partial charge >= 0.3 is 0 Å². The molecule has 1 fully saturated rings. The summed E-state index contributed by atoms with van der Waals surface area (Å²) in [5.41, 5.74) is 1.58. The normalized spacial score (nSPS) is 14.9. The number of H-pyrrole nitrogens is 1. The van der Waals surface area contributed by atoms with Gasteiger partial charge in [-0.3, -0.25) is 9.59 Å². The van der Waals surface area contributed by atoms with E-state index in [9.17, 15) is 14.0 Å². The quantitative estimate of drug-likeness (QED) is 0.629. The van der Waals surface area contributed by atoms with Crippen molar-refractivity contribution in [2.75, 3.05) is 13.1 Å². The van der Waals surface area contributed by atoms with E-state index in [1.807, 2.05) is 0 Å². The molecule has 2 N–H and O–H groups in total. The molecule has 8 heteroatoms. The molecule has 29 heavy (non-hydrogen) atoms. The van der Waals surface area contributed by atoms with Crippen LogP contribution < -0.4 is 5.32 Å². The number of aromatic nitrogens is 2. The molecule has 150 valence electrons. The first-order valence-electron chi connectivity index (χ1n) is 9.49. The second kappa shape index (κ2) is 8.21. The van der Waals surface area contributed by atoms with Gasteiger partial charge in [0.05, 0.1) is 0 Å². The van der Waals surface area contributed by atoms with Gasteiger partial charge in [-0.1, -0.05) is 23.7 Å². The Bertz CT molecular complexity index is 1040. The summed E-state index contributed by atoms with van der Waals surface area (Å²) in [6, 6.07) is 10.3. The minimum absolute atomic E-state index is 0.127. The van der Waals surface area contributed by atoms with Crippen LogP contribution in [-0.4, -0.2) is 45.8 Å². The van der Waals surface area contributed by atoms with Crippen LogP contribution in [0.2, 0.25) is 5.15 Å². The first kappa shape index (κ1) is 19.4. The van der Waals surface area contributed by atoms with Gasteiger partial charge in [0, 0.05) is 24.9 Å². The molecule has 0 unspecified atom stereocenters. The van der Waals surface area contributed by atoms with E-state index in [1.165, 1.54) is 12.1 Å². The number of hydrogen-bond acceptors (Lipinski definition) is 3. The zero-order chi connectivity index (χ0) is 20.4. The molecule has 2 aromatic heterocycles. The summed E-state index contributed by atoms with van der Waals surface area (Å²) in [6.45, 7) is 1.37. The number of halogens is 2. The van der Waals surface area contributed by atoms with Gasteiger partial charge in [0.15, 0.2) is 0 Å². The smallest absolute Gasteiger partial charge is 0.268 e. The number of likely N-dealkylation sites (tertiary alicyclic amines) is 1. The average Bonchev–Trinajstić information content (AvgIpc) is 3.38. The molecule has 0 radical (unpaired) electrons. The van der Waals surface area contributed by atoms with E-state index in [2.05, 4.69) is 15.3 Å². The number of pyridine rings is 1. The molecule has 4 rings (SSSR count). The van der Waals surface area contributed by atoms with Crippen molar-refractivity contribution < 1.29 is 14.0 Å². The van der Waals surface area contributed by atoms with Crippen molar-refractivity contribution in [3.8, 4) is 0 Å². The largest absolute Gasteiger partial charge is 0.341 e. The maximum atomic E-state index is 13.2. The van der Waals surface area contributed by atoms with Gasteiger partial charge in [-0.25, -0.2) is 9.37 Å². The number of rotatable bonds is 5. The van der Waals surface area contributed by atoms with Crippen molar-refractivity contribution in [3.05, 3.63) is 64.7 Å². The SMILES string of the molecule is O=C(N[C@@H](Cc1ccc(F)cc1)C(=O)N1CCCC1)c1cc2ccc(Cl)nc2[nH]1. The second-order valence-electron chi connectivity index (χ2n) is 7.14. The highest BCUT2D eigenvalue weighted by Crippen LogP contribution is 2.17. The molecule has 6 nitrogen and oxygen atoms in total. The summed E-state index contributed by atoms with van der Waals surface area (Å²) in [5.74, 6) is -0.874. The van der Waals surface area contributed by atoms with Crippen LogP contribution in [0.3, 0.4) is 0 Å². The Balaban J connectivity index is 1.56. The highest BCUT2D eigenvalue weighted by Gasteiger charge is 2.28. The Hall–Kier alpha value is -2.93. The zero-order valence-corrected chi connectivity index (χ0v) is 16.4. The van der Waals surface area contributed by atoms with Gasteiger partial charge in [0.1, 0.15) is 28.4 Å². The Kier molecular flexibility index (Phi) is 5.49. The fourth-order valence-corrected chi connectivity index (χ4v) is 3.70. The fraction of sp³-hybridized carbons (Fsp3) is 0.286. The van der Waals surface area contributed by atoms with Crippen LogP contribution in [0, 0.1) is 5.82 Å². The minimum atomic E-state index is -0.742. The third-order valence-corrected chi connectivity index (χ3v) is 5.27. The molecule has 3 heterocycles. The molecule has 1 saturated heterocycles. The van der Waals surface area contributed by atoms with Crippen molar-refractivity contribution in [1.29, 1.82) is 0 Å². The molecule has 0 aliphatic carbocycles. The molecule has 3 aromatic rings. The number of nitrogens with one attached hydrogen (secondary N) is 2. The number of carbonyl (C=O) groups excluding carboxylic acids is 2. The lowest BCUT2D eigenvalue weighted by molar-refractivity contribution is -0.132. The van der Waals surface area contributed by atoms with Crippen LogP contribution in [0.15, 0.2) is 42.5 Å². The number of aromatic amines is 1. The van der Waals surface area contributed by atoms with Gasteiger partial charge in [0.25, 0.3) is 5.91 Å². The van der Waals surface area contributed by atoms with Crippen molar-refractivity contribution in [1.82, 2.24) is 20.2 Å². The van der Waals surface area contributed by atoms with Crippen molar-refractivity contribution in [3.63, 3.8) is 0 Å². The number of amides is 2. The van der Waals surface area contributed by atoms with E-state index in [0.29, 0.717) is 29.6 Å². The zero-order valence-electron chi connectivity index (χ0n) is 15.6. The van der Waals surface area contributed by atoms with Crippen molar-refractivity contribution in [2.45, 2.75) is 25.3 Å². The maximum absolute atomic E-state index is 13.2. The second-order valence-corrected chi connectivity index (χ2v) is 7.53. The van der Waals surface area contributed by atoms with E-state index < -0.39 is 11.9 Å². The predicted molar refractivity (Wildman–Crippen MR) is 108 cm³/mol. The molecule has 0 bridgehead atoms. The molecule has 0 spiro atoms. The summed E-state index contributed by atoms with van der Waals surface area (Å²) < 4.78 is 13.2. The lowest BCUT2D eigenvalue weighted by Crippen LogP contribution is -2.49. The van der Waals surface area contributed by atoms with E-state index in [4.69, 9.17) is 11.6 Å². The molecule has 1 aliphatic rings. The first-order chi connectivity index (χ1) is 14.0. The van der Waals surface area contributed by atoms with Gasteiger partial charge < -0.3 is 15.2 Å². The van der Waals surface area contributed by atoms with E-state index >= 15 is 0 Å². The van der Waals surface area contributed by atoms with E-state index in [-0.39, 0.29) is 18.1 Å².